The van der Waals surface area contributed by atoms with Gasteiger partial charge >= 0.3 is 0 Å². The van der Waals surface area contributed by atoms with Crippen LogP contribution < -0.4 is 0 Å². The van der Waals surface area contributed by atoms with Crippen LogP contribution in [0.15, 0.2) is 16.1 Å². The summed E-state index contributed by atoms with van der Waals surface area (Å²) in [5, 5.41) is 0. The molecule has 1 aliphatic rings. The van der Waals surface area contributed by atoms with Gasteiger partial charge in [0.2, 0.25) is 0 Å². The standard InChI is InChI=1S/C9H10N2S/c1-6-4-11-8-3-7(2)12-9(8)5-10-6/h3-6H,1-2H3. The van der Waals surface area contributed by atoms with E-state index in [1.54, 1.807) is 11.3 Å². The van der Waals surface area contributed by atoms with Crippen LogP contribution in [0.3, 0.4) is 0 Å². The molecule has 2 heterocycles. The molecule has 12 heavy (non-hydrogen) atoms. The third-order valence-electron chi connectivity index (χ3n) is 1.72. The zero-order chi connectivity index (χ0) is 8.55. The minimum absolute atomic E-state index is 0.213. The lowest BCUT2D eigenvalue weighted by Gasteiger charge is -1.90. The van der Waals surface area contributed by atoms with E-state index < -0.39 is 0 Å². The number of thiophene rings is 1. The quantitative estimate of drug-likeness (QED) is 0.583. The molecular formula is C9H10N2S. The van der Waals surface area contributed by atoms with E-state index >= 15 is 0 Å². The molecule has 2 rings (SSSR count). The van der Waals surface area contributed by atoms with Crippen LogP contribution in [0.5, 0.6) is 0 Å². The molecule has 0 radical (unpaired) electrons. The summed E-state index contributed by atoms with van der Waals surface area (Å²) in [6, 6.07) is 2.31. The minimum atomic E-state index is 0.213. The molecule has 62 valence electrons. The third kappa shape index (κ3) is 1.32. The lowest BCUT2D eigenvalue weighted by molar-refractivity contribution is 1.01. The monoisotopic (exact) mass is 178 g/mol. The van der Waals surface area contributed by atoms with Crippen molar-refractivity contribution in [1.82, 2.24) is 0 Å². The molecule has 0 saturated heterocycles. The average Bonchev–Trinajstić information content (AvgIpc) is 2.31. The molecular weight excluding hydrogens is 168 g/mol. The summed E-state index contributed by atoms with van der Waals surface area (Å²) in [6.07, 6.45) is 3.80. The third-order valence-corrected chi connectivity index (χ3v) is 2.69. The Hall–Kier alpha value is -0.960. The zero-order valence-electron chi connectivity index (χ0n) is 7.11. The second-order valence-corrected chi connectivity index (χ2v) is 4.19. The van der Waals surface area contributed by atoms with Crippen molar-refractivity contribution in [3.05, 3.63) is 15.8 Å². The van der Waals surface area contributed by atoms with E-state index in [-0.39, 0.29) is 6.04 Å². The molecule has 0 spiro atoms. The molecule has 0 aliphatic carbocycles. The highest BCUT2D eigenvalue weighted by Gasteiger charge is 2.06. The van der Waals surface area contributed by atoms with E-state index in [1.165, 1.54) is 9.75 Å². The largest absolute Gasteiger partial charge is 0.283 e. The Morgan fingerprint density at radius 3 is 3.17 bits per heavy atom. The van der Waals surface area contributed by atoms with E-state index in [4.69, 9.17) is 0 Å². The van der Waals surface area contributed by atoms with Crippen LogP contribution in [0.25, 0.3) is 0 Å². The molecule has 0 fully saturated rings. The van der Waals surface area contributed by atoms with Gasteiger partial charge in [-0.1, -0.05) is 0 Å². The number of rotatable bonds is 0. The summed E-state index contributed by atoms with van der Waals surface area (Å²) in [5.74, 6) is 0. The molecule has 0 aromatic carbocycles. The number of aryl methyl sites for hydroxylation is 1. The topological polar surface area (TPSA) is 24.7 Å². The Kier molecular flexibility index (Phi) is 1.81. The Labute approximate surface area is 75.7 Å². The van der Waals surface area contributed by atoms with Gasteiger partial charge in [-0.3, -0.25) is 9.98 Å². The van der Waals surface area contributed by atoms with Gasteiger partial charge in [0.15, 0.2) is 0 Å². The van der Waals surface area contributed by atoms with Crippen molar-refractivity contribution < 1.29 is 0 Å². The molecule has 3 heteroatoms. The van der Waals surface area contributed by atoms with Crippen molar-refractivity contribution in [3.8, 4) is 0 Å². The normalized spacial score (nSPS) is 20.7. The van der Waals surface area contributed by atoms with Gasteiger partial charge in [0.1, 0.15) is 0 Å². The Morgan fingerprint density at radius 1 is 1.50 bits per heavy atom. The summed E-state index contributed by atoms with van der Waals surface area (Å²) in [5.41, 5.74) is 1.06. The molecule has 0 N–H and O–H groups in total. The van der Waals surface area contributed by atoms with Gasteiger partial charge in [-0.15, -0.1) is 11.3 Å². The maximum Gasteiger partial charge on any atom is 0.0824 e. The van der Waals surface area contributed by atoms with Crippen molar-refractivity contribution in [1.29, 1.82) is 0 Å². The average molecular weight is 178 g/mol. The summed E-state index contributed by atoms with van der Waals surface area (Å²) in [7, 11) is 0. The van der Waals surface area contributed by atoms with Gasteiger partial charge in [-0.2, -0.15) is 0 Å². The number of fused-ring (bicyclic) bond motifs is 1. The van der Waals surface area contributed by atoms with Crippen LogP contribution in [0.4, 0.5) is 5.69 Å². The first-order valence-electron chi connectivity index (χ1n) is 3.93. The molecule has 1 unspecified atom stereocenters. The van der Waals surface area contributed by atoms with Gasteiger partial charge in [0, 0.05) is 17.3 Å². The summed E-state index contributed by atoms with van der Waals surface area (Å²) >= 11 is 1.74. The predicted octanol–water partition coefficient (Wildman–Crippen LogP) is 2.58. The van der Waals surface area contributed by atoms with Crippen molar-refractivity contribution in [2.24, 2.45) is 9.98 Å². The lowest BCUT2D eigenvalue weighted by Crippen LogP contribution is -1.96. The minimum Gasteiger partial charge on any atom is -0.283 e. The highest BCUT2D eigenvalue weighted by molar-refractivity contribution is 7.14. The number of hydrogen-bond acceptors (Lipinski definition) is 3. The summed E-state index contributed by atoms with van der Waals surface area (Å²) in [6.45, 7) is 4.12. The molecule has 0 bridgehead atoms. The van der Waals surface area contributed by atoms with E-state index in [0.717, 1.165) is 5.69 Å². The fraction of sp³-hybridized carbons (Fsp3) is 0.333. The van der Waals surface area contributed by atoms with E-state index in [9.17, 15) is 0 Å². The zero-order valence-corrected chi connectivity index (χ0v) is 7.93. The van der Waals surface area contributed by atoms with Gasteiger partial charge in [0.05, 0.1) is 16.6 Å². The summed E-state index contributed by atoms with van der Waals surface area (Å²) < 4.78 is 0. The second-order valence-electron chi connectivity index (χ2n) is 2.90. The van der Waals surface area contributed by atoms with Crippen molar-refractivity contribution in [3.63, 3.8) is 0 Å². The molecule has 1 aliphatic heterocycles. The van der Waals surface area contributed by atoms with Crippen LogP contribution in [0.2, 0.25) is 0 Å². The molecule has 1 atom stereocenters. The maximum atomic E-state index is 4.35. The fourth-order valence-electron chi connectivity index (χ4n) is 1.12. The van der Waals surface area contributed by atoms with Crippen LogP contribution in [0, 0.1) is 6.92 Å². The lowest BCUT2D eigenvalue weighted by atomic mass is 10.4. The molecule has 1 aromatic rings. The van der Waals surface area contributed by atoms with E-state index in [2.05, 4.69) is 23.0 Å². The molecule has 1 aromatic heterocycles. The first-order valence-corrected chi connectivity index (χ1v) is 4.75. The predicted molar refractivity (Wildman–Crippen MR) is 54.3 cm³/mol. The Morgan fingerprint density at radius 2 is 2.33 bits per heavy atom. The second kappa shape index (κ2) is 2.83. The fourth-order valence-corrected chi connectivity index (χ4v) is 1.97. The smallest absolute Gasteiger partial charge is 0.0824 e. The van der Waals surface area contributed by atoms with Crippen LogP contribution in [-0.4, -0.2) is 18.5 Å². The Bertz CT molecular complexity index is 318. The number of aliphatic imine (C=N–C) groups is 2. The highest BCUT2D eigenvalue weighted by Crippen LogP contribution is 2.28. The molecule has 0 amide bonds. The Balaban J connectivity index is 2.49. The first-order chi connectivity index (χ1) is 5.75. The van der Waals surface area contributed by atoms with Crippen molar-refractivity contribution in [2.45, 2.75) is 19.9 Å². The molecule has 2 nitrogen and oxygen atoms in total. The van der Waals surface area contributed by atoms with E-state index in [1.807, 2.05) is 19.4 Å². The van der Waals surface area contributed by atoms with Crippen LogP contribution >= 0.6 is 11.3 Å². The number of hydrogen-bond donors (Lipinski definition) is 0. The van der Waals surface area contributed by atoms with E-state index in [0.29, 0.717) is 0 Å². The maximum absolute atomic E-state index is 4.35. The van der Waals surface area contributed by atoms with Gasteiger partial charge in [-0.05, 0) is 19.9 Å². The van der Waals surface area contributed by atoms with Gasteiger partial charge in [-0.25, -0.2) is 0 Å². The van der Waals surface area contributed by atoms with Gasteiger partial charge in [0.25, 0.3) is 0 Å². The highest BCUT2D eigenvalue weighted by atomic mass is 32.1. The SMILES string of the molecule is Cc1cc2c(s1)C=NC(C)C=N2. The van der Waals surface area contributed by atoms with Crippen molar-refractivity contribution in [2.75, 3.05) is 0 Å². The summed E-state index contributed by atoms with van der Waals surface area (Å²) in [4.78, 5) is 11.1. The van der Waals surface area contributed by atoms with Crippen LogP contribution in [0.1, 0.15) is 16.7 Å². The first kappa shape index (κ1) is 7.68. The van der Waals surface area contributed by atoms with Gasteiger partial charge < -0.3 is 0 Å². The van der Waals surface area contributed by atoms with Crippen LogP contribution in [-0.2, 0) is 0 Å². The number of nitrogens with zero attached hydrogens (tertiary/aromatic N) is 2. The van der Waals surface area contributed by atoms with Crippen molar-refractivity contribution >= 4 is 29.5 Å². The molecule has 0 saturated carbocycles.